The molecule has 2 aliphatic rings. The Morgan fingerprint density at radius 2 is 2.05 bits per heavy atom. The lowest BCUT2D eigenvalue weighted by molar-refractivity contribution is -0.134. The normalized spacial score (nSPS) is 20.9. The van der Waals surface area contributed by atoms with Gasteiger partial charge in [0.15, 0.2) is 0 Å². The summed E-state index contributed by atoms with van der Waals surface area (Å²) < 4.78 is 5.27. The zero-order valence-corrected chi connectivity index (χ0v) is 12.2. The number of hydrogen-bond donors (Lipinski definition) is 2. The first-order chi connectivity index (χ1) is 10.0. The van der Waals surface area contributed by atoms with E-state index in [-0.39, 0.29) is 18.5 Å². The molecule has 6 nitrogen and oxygen atoms in total. The van der Waals surface area contributed by atoms with E-state index >= 15 is 0 Å². The number of nitrogens with one attached hydrogen (secondary N) is 1. The molecule has 3 rings (SSSR count). The number of rotatable bonds is 2. The van der Waals surface area contributed by atoms with Gasteiger partial charge in [0.05, 0.1) is 6.54 Å². The van der Waals surface area contributed by atoms with E-state index in [1.54, 1.807) is 18.2 Å². The molecule has 0 saturated carbocycles. The number of nitrogen functional groups attached to an aromatic ring is 1. The van der Waals surface area contributed by atoms with Crippen LogP contribution in [0.4, 0.5) is 10.5 Å². The smallest absolute Gasteiger partial charge is 0.325 e. The molecule has 1 aromatic rings. The highest BCUT2D eigenvalue weighted by molar-refractivity contribution is 6.31. The predicted molar refractivity (Wildman–Crippen MR) is 77.7 cm³/mol. The van der Waals surface area contributed by atoms with Gasteiger partial charge in [-0.1, -0.05) is 11.6 Å². The van der Waals surface area contributed by atoms with Crippen LogP contribution in [0.2, 0.25) is 5.02 Å². The first kappa shape index (κ1) is 14.2. The van der Waals surface area contributed by atoms with E-state index < -0.39 is 5.54 Å². The standard InChI is InChI=1S/C14H16ClN3O3/c15-11-2-1-10(16)7-9(11)8-18-12(19)14(17-13(18)20)3-5-21-6-4-14/h1-2,7H,3-6,8,16H2,(H,17,20). The van der Waals surface area contributed by atoms with Gasteiger partial charge < -0.3 is 15.8 Å². The third-order valence-corrected chi connectivity index (χ3v) is 4.36. The van der Waals surface area contributed by atoms with E-state index in [2.05, 4.69) is 5.32 Å². The minimum atomic E-state index is -0.817. The monoisotopic (exact) mass is 309 g/mol. The molecule has 0 atom stereocenters. The Balaban J connectivity index is 1.84. The van der Waals surface area contributed by atoms with Crippen LogP contribution in [0.15, 0.2) is 18.2 Å². The van der Waals surface area contributed by atoms with Crippen molar-refractivity contribution in [1.29, 1.82) is 0 Å². The largest absolute Gasteiger partial charge is 0.399 e. The van der Waals surface area contributed by atoms with Crippen molar-refractivity contribution < 1.29 is 14.3 Å². The Hall–Kier alpha value is -1.79. The highest BCUT2D eigenvalue weighted by Gasteiger charge is 2.51. The molecule has 112 valence electrons. The van der Waals surface area contributed by atoms with Gasteiger partial charge in [-0.2, -0.15) is 0 Å². The molecule has 3 N–H and O–H groups in total. The average Bonchev–Trinajstić information content (AvgIpc) is 2.68. The zero-order chi connectivity index (χ0) is 15.0. The van der Waals surface area contributed by atoms with Gasteiger partial charge in [-0.15, -0.1) is 0 Å². The molecule has 0 bridgehead atoms. The van der Waals surface area contributed by atoms with E-state index in [9.17, 15) is 9.59 Å². The van der Waals surface area contributed by atoms with Crippen molar-refractivity contribution in [2.45, 2.75) is 24.9 Å². The number of benzene rings is 1. The zero-order valence-electron chi connectivity index (χ0n) is 11.4. The van der Waals surface area contributed by atoms with Crippen molar-refractivity contribution in [3.05, 3.63) is 28.8 Å². The van der Waals surface area contributed by atoms with Gasteiger partial charge >= 0.3 is 6.03 Å². The summed E-state index contributed by atoms with van der Waals surface area (Å²) in [6.45, 7) is 1.06. The van der Waals surface area contributed by atoms with Gasteiger partial charge in [0, 0.05) is 36.8 Å². The molecule has 1 spiro atoms. The molecule has 2 heterocycles. The van der Waals surface area contributed by atoms with Crippen LogP contribution in [0.5, 0.6) is 0 Å². The summed E-state index contributed by atoms with van der Waals surface area (Å²) in [4.78, 5) is 25.9. The molecule has 0 unspecified atom stereocenters. The molecule has 3 amide bonds. The van der Waals surface area contributed by atoms with Gasteiger partial charge in [-0.3, -0.25) is 9.69 Å². The van der Waals surface area contributed by atoms with E-state index in [1.165, 1.54) is 4.90 Å². The first-order valence-electron chi connectivity index (χ1n) is 6.78. The fourth-order valence-electron chi connectivity index (χ4n) is 2.76. The Morgan fingerprint density at radius 1 is 1.33 bits per heavy atom. The van der Waals surface area contributed by atoms with Crippen LogP contribution in [-0.2, 0) is 16.1 Å². The van der Waals surface area contributed by atoms with Gasteiger partial charge in [0.25, 0.3) is 5.91 Å². The SMILES string of the molecule is Nc1ccc(Cl)c(CN2C(=O)NC3(CCOCC3)C2=O)c1. The molecular formula is C14H16ClN3O3. The number of ether oxygens (including phenoxy) is 1. The average molecular weight is 310 g/mol. The van der Waals surface area contributed by atoms with E-state index in [1.807, 2.05) is 0 Å². The van der Waals surface area contributed by atoms with Crippen molar-refractivity contribution in [3.8, 4) is 0 Å². The lowest BCUT2D eigenvalue weighted by Gasteiger charge is -2.30. The number of amides is 3. The maximum absolute atomic E-state index is 12.6. The topological polar surface area (TPSA) is 84.7 Å². The Bertz CT molecular complexity index is 599. The number of imide groups is 1. The summed E-state index contributed by atoms with van der Waals surface area (Å²) >= 11 is 6.10. The molecule has 0 radical (unpaired) electrons. The number of hydrogen-bond acceptors (Lipinski definition) is 4. The number of carbonyl (C=O) groups excluding carboxylic acids is 2. The van der Waals surface area contributed by atoms with E-state index in [0.29, 0.717) is 42.3 Å². The predicted octanol–water partition coefficient (Wildman–Crippen LogP) is 1.52. The Kier molecular flexibility index (Phi) is 3.51. The van der Waals surface area contributed by atoms with Crippen molar-refractivity contribution in [2.24, 2.45) is 0 Å². The summed E-state index contributed by atoms with van der Waals surface area (Å²) in [5, 5.41) is 3.29. The van der Waals surface area contributed by atoms with Crippen LogP contribution in [0.3, 0.4) is 0 Å². The lowest BCUT2D eigenvalue weighted by Crippen LogP contribution is -2.51. The number of halogens is 1. The van der Waals surface area contributed by atoms with Gasteiger partial charge in [0.1, 0.15) is 5.54 Å². The number of nitrogens with zero attached hydrogens (tertiary/aromatic N) is 1. The Labute approximate surface area is 127 Å². The van der Waals surface area contributed by atoms with Gasteiger partial charge in [-0.05, 0) is 23.8 Å². The van der Waals surface area contributed by atoms with Crippen LogP contribution in [0, 0.1) is 0 Å². The molecule has 7 heteroatoms. The Morgan fingerprint density at radius 3 is 2.76 bits per heavy atom. The van der Waals surface area contributed by atoms with Crippen LogP contribution in [0.25, 0.3) is 0 Å². The molecule has 2 fully saturated rings. The highest BCUT2D eigenvalue weighted by atomic mass is 35.5. The molecule has 0 aliphatic carbocycles. The number of nitrogens with two attached hydrogens (primary N) is 1. The molecule has 0 aromatic heterocycles. The first-order valence-corrected chi connectivity index (χ1v) is 7.15. The lowest BCUT2D eigenvalue weighted by atomic mass is 9.90. The second-order valence-electron chi connectivity index (χ2n) is 5.37. The van der Waals surface area contributed by atoms with Gasteiger partial charge in [-0.25, -0.2) is 4.79 Å². The third-order valence-electron chi connectivity index (χ3n) is 3.99. The minimum absolute atomic E-state index is 0.122. The van der Waals surface area contributed by atoms with Crippen LogP contribution < -0.4 is 11.1 Å². The van der Waals surface area contributed by atoms with Crippen LogP contribution in [0.1, 0.15) is 18.4 Å². The maximum Gasteiger partial charge on any atom is 0.325 e. The minimum Gasteiger partial charge on any atom is -0.399 e. The van der Waals surface area contributed by atoms with E-state index in [0.717, 1.165) is 0 Å². The van der Waals surface area contributed by atoms with Gasteiger partial charge in [0.2, 0.25) is 0 Å². The number of carbonyl (C=O) groups is 2. The quantitative estimate of drug-likeness (QED) is 0.641. The van der Waals surface area contributed by atoms with Crippen LogP contribution in [-0.4, -0.2) is 35.6 Å². The summed E-state index contributed by atoms with van der Waals surface area (Å²) in [7, 11) is 0. The molecule has 2 saturated heterocycles. The van der Waals surface area contributed by atoms with Crippen molar-refractivity contribution >= 4 is 29.2 Å². The summed E-state index contributed by atoms with van der Waals surface area (Å²) in [5.41, 5.74) is 6.11. The second-order valence-corrected chi connectivity index (χ2v) is 5.77. The number of urea groups is 1. The third kappa shape index (κ3) is 2.45. The maximum atomic E-state index is 12.6. The number of anilines is 1. The van der Waals surface area contributed by atoms with E-state index in [4.69, 9.17) is 22.1 Å². The summed E-state index contributed by atoms with van der Waals surface area (Å²) in [6.07, 6.45) is 0.997. The summed E-state index contributed by atoms with van der Waals surface area (Å²) in [6, 6.07) is 4.63. The fraction of sp³-hybridized carbons (Fsp3) is 0.429. The molecule has 21 heavy (non-hydrogen) atoms. The molecule has 2 aliphatic heterocycles. The fourth-order valence-corrected chi connectivity index (χ4v) is 2.94. The van der Waals surface area contributed by atoms with Crippen LogP contribution >= 0.6 is 11.6 Å². The molecular weight excluding hydrogens is 294 g/mol. The van der Waals surface area contributed by atoms with Crippen molar-refractivity contribution in [3.63, 3.8) is 0 Å². The second kappa shape index (κ2) is 5.20. The summed E-state index contributed by atoms with van der Waals surface area (Å²) in [5.74, 6) is -0.214. The molecule has 1 aromatic carbocycles. The van der Waals surface area contributed by atoms with Crippen molar-refractivity contribution in [2.75, 3.05) is 18.9 Å². The highest BCUT2D eigenvalue weighted by Crippen LogP contribution is 2.30. The van der Waals surface area contributed by atoms with Crippen molar-refractivity contribution in [1.82, 2.24) is 10.2 Å².